The monoisotopic (exact) mass is 358 g/mol. The maximum atomic E-state index is 12.6. The first-order valence-electron chi connectivity index (χ1n) is 8.04. The second kappa shape index (κ2) is 7.68. The second-order valence-corrected chi connectivity index (χ2v) is 6.34. The molecule has 130 valence electrons. The summed E-state index contributed by atoms with van der Waals surface area (Å²) in [5, 5.41) is 3.45. The first-order chi connectivity index (χ1) is 12.1. The lowest BCUT2D eigenvalue weighted by molar-refractivity contribution is -0.119. The summed E-state index contributed by atoms with van der Waals surface area (Å²) in [6, 6.07) is 13.4. The van der Waals surface area contributed by atoms with Crippen LogP contribution in [0.4, 0.5) is 5.69 Å². The highest BCUT2D eigenvalue weighted by atomic mass is 35.5. The number of carbonyl (C=O) groups excluding carboxylic acids is 2. The van der Waals surface area contributed by atoms with E-state index in [1.165, 1.54) is 0 Å². The summed E-state index contributed by atoms with van der Waals surface area (Å²) < 4.78 is 5.10. The van der Waals surface area contributed by atoms with Crippen LogP contribution in [0, 0.1) is 0 Å². The van der Waals surface area contributed by atoms with E-state index in [0.29, 0.717) is 16.3 Å². The van der Waals surface area contributed by atoms with Crippen molar-refractivity contribution in [1.29, 1.82) is 0 Å². The van der Waals surface area contributed by atoms with E-state index in [1.807, 2.05) is 4.90 Å². The zero-order valence-corrected chi connectivity index (χ0v) is 14.6. The van der Waals surface area contributed by atoms with Crippen LogP contribution in [-0.2, 0) is 4.79 Å². The van der Waals surface area contributed by atoms with E-state index < -0.39 is 6.04 Å². The molecule has 0 bridgehead atoms. The number of anilines is 1. The number of amides is 1. The number of methoxy groups -OCH3 is 1. The van der Waals surface area contributed by atoms with Crippen LogP contribution < -0.4 is 10.1 Å². The smallest absolute Gasteiger partial charge is 0.242 e. The molecule has 0 aromatic heterocycles. The Morgan fingerprint density at radius 2 is 1.76 bits per heavy atom. The predicted molar refractivity (Wildman–Crippen MR) is 97.4 cm³/mol. The third kappa shape index (κ3) is 4.59. The van der Waals surface area contributed by atoms with Crippen LogP contribution in [0.25, 0.3) is 0 Å². The van der Waals surface area contributed by atoms with E-state index in [0.717, 1.165) is 18.8 Å². The molecule has 2 aromatic carbocycles. The number of nitrogens with zero attached hydrogens (tertiary/aromatic N) is 1. The SMILES string of the molecule is COc1ccc(NC(=O)C(CC(=O)c2ccc(Cl)cc2)N2CC2)cc1. The van der Waals surface area contributed by atoms with Crippen LogP contribution in [-0.4, -0.2) is 42.8 Å². The molecule has 0 spiro atoms. The molecule has 1 aliphatic rings. The van der Waals surface area contributed by atoms with E-state index in [9.17, 15) is 9.59 Å². The Morgan fingerprint density at radius 1 is 1.12 bits per heavy atom. The van der Waals surface area contributed by atoms with Gasteiger partial charge in [-0.2, -0.15) is 0 Å². The van der Waals surface area contributed by atoms with Crippen molar-refractivity contribution in [3.63, 3.8) is 0 Å². The number of benzene rings is 2. The predicted octanol–water partition coefficient (Wildman–Crippen LogP) is 3.24. The van der Waals surface area contributed by atoms with Crippen molar-refractivity contribution >= 4 is 29.0 Å². The van der Waals surface area contributed by atoms with E-state index >= 15 is 0 Å². The van der Waals surface area contributed by atoms with Crippen molar-refractivity contribution in [2.24, 2.45) is 0 Å². The summed E-state index contributed by atoms with van der Waals surface area (Å²) in [5.74, 6) is 0.474. The number of nitrogens with one attached hydrogen (secondary N) is 1. The summed E-state index contributed by atoms with van der Waals surface area (Å²) in [7, 11) is 1.59. The Balaban J connectivity index is 1.66. The summed E-state index contributed by atoms with van der Waals surface area (Å²) in [6.07, 6.45) is 0.142. The minimum atomic E-state index is -0.467. The molecule has 0 aliphatic carbocycles. The highest BCUT2D eigenvalue weighted by Crippen LogP contribution is 2.21. The average Bonchev–Trinajstić information content (AvgIpc) is 3.45. The van der Waals surface area contributed by atoms with Gasteiger partial charge in [0, 0.05) is 35.8 Å². The lowest BCUT2D eigenvalue weighted by atomic mass is 10.0. The number of rotatable bonds is 7. The quantitative estimate of drug-likeness (QED) is 0.609. The van der Waals surface area contributed by atoms with Gasteiger partial charge in [0.1, 0.15) is 5.75 Å². The Bertz CT molecular complexity index is 755. The fourth-order valence-corrected chi connectivity index (χ4v) is 2.71. The van der Waals surface area contributed by atoms with Crippen LogP contribution in [0.2, 0.25) is 5.02 Å². The second-order valence-electron chi connectivity index (χ2n) is 5.90. The molecule has 1 fully saturated rings. The molecule has 0 saturated carbocycles. The third-order valence-electron chi connectivity index (χ3n) is 4.13. The summed E-state index contributed by atoms with van der Waals surface area (Å²) in [5.41, 5.74) is 1.24. The van der Waals surface area contributed by atoms with E-state index in [4.69, 9.17) is 16.3 Å². The molecular weight excluding hydrogens is 340 g/mol. The van der Waals surface area contributed by atoms with Gasteiger partial charge in [-0.3, -0.25) is 14.5 Å². The molecule has 3 rings (SSSR count). The van der Waals surface area contributed by atoms with Gasteiger partial charge in [-0.05, 0) is 48.5 Å². The fraction of sp³-hybridized carbons (Fsp3) is 0.263. The molecule has 1 heterocycles. The summed E-state index contributed by atoms with van der Waals surface area (Å²) >= 11 is 5.85. The number of ketones is 1. The number of ether oxygens (including phenoxy) is 1. The molecule has 1 N–H and O–H groups in total. The van der Waals surface area contributed by atoms with Crippen molar-refractivity contribution in [3.05, 3.63) is 59.1 Å². The Labute approximate surface area is 151 Å². The number of hydrogen-bond acceptors (Lipinski definition) is 4. The van der Waals surface area contributed by atoms with Gasteiger partial charge in [-0.1, -0.05) is 11.6 Å². The first kappa shape index (κ1) is 17.5. The van der Waals surface area contributed by atoms with E-state index in [1.54, 1.807) is 55.6 Å². The largest absolute Gasteiger partial charge is 0.497 e. The molecule has 25 heavy (non-hydrogen) atoms. The average molecular weight is 359 g/mol. The van der Waals surface area contributed by atoms with Gasteiger partial charge in [-0.25, -0.2) is 0 Å². The van der Waals surface area contributed by atoms with Crippen LogP contribution in [0.1, 0.15) is 16.8 Å². The van der Waals surface area contributed by atoms with Crippen LogP contribution in [0.15, 0.2) is 48.5 Å². The zero-order valence-electron chi connectivity index (χ0n) is 13.9. The van der Waals surface area contributed by atoms with Gasteiger partial charge in [0.25, 0.3) is 0 Å². The number of carbonyl (C=O) groups is 2. The van der Waals surface area contributed by atoms with Crippen molar-refractivity contribution < 1.29 is 14.3 Å². The van der Waals surface area contributed by atoms with Gasteiger partial charge < -0.3 is 10.1 Å². The van der Waals surface area contributed by atoms with Crippen LogP contribution >= 0.6 is 11.6 Å². The number of Topliss-reactive ketones (excluding diaryl/α,β-unsaturated/α-hetero) is 1. The Morgan fingerprint density at radius 3 is 2.32 bits per heavy atom. The number of hydrogen-bond donors (Lipinski definition) is 1. The standard InChI is InChI=1S/C19H19ClN2O3/c1-25-16-8-6-15(7-9-16)21-19(24)17(22-10-11-22)12-18(23)13-2-4-14(20)5-3-13/h2-9,17H,10-12H2,1H3,(H,21,24). The molecule has 1 atom stereocenters. The maximum absolute atomic E-state index is 12.6. The van der Waals surface area contributed by atoms with Gasteiger partial charge in [0.2, 0.25) is 5.91 Å². The molecule has 1 unspecified atom stereocenters. The highest BCUT2D eigenvalue weighted by molar-refractivity contribution is 6.30. The summed E-state index contributed by atoms with van der Waals surface area (Å²) in [4.78, 5) is 27.1. The lowest BCUT2D eigenvalue weighted by Gasteiger charge is -2.17. The van der Waals surface area contributed by atoms with Crippen molar-refractivity contribution in [2.45, 2.75) is 12.5 Å². The minimum Gasteiger partial charge on any atom is -0.497 e. The number of halogens is 1. The highest BCUT2D eigenvalue weighted by Gasteiger charge is 2.34. The molecule has 5 nitrogen and oxygen atoms in total. The Hall–Kier alpha value is -2.37. The first-order valence-corrected chi connectivity index (χ1v) is 8.42. The molecule has 1 saturated heterocycles. The van der Waals surface area contributed by atoms with Crippen LogP contribution in [0.5, 0.6) is 5.75 Å². The molecule has 6 heteroatoms. The summed E-state index contributed by atoms with van der Waals surface area (Å²) in [6.45, 7) is 1.66. The lowest BCUT2D eigenvalue weighted by Crippen LogP contribution is -2.36. The van der Waals surface area contributed by atoms with E-state index in [2.05, 4.69) is 5.32 Å². The molecule has 1 amide bonds. The molecule has 0 radical (unpaired) electrons. The van der Waals surface area contributed by atoms with Gasteiger partial charge in [0.05, 0.1) is 13.2 Å². The molecular formula is C19H19ClN2O3. The van der Waals surface area contributed by atoms with Crippen LogP contribution in [0.3, 0.4) is 0 Å². The third-order valence-corrected chi connectivity index (χ3v) is 4.38. The van der Waals surface area contributed by atoms with Crippen molar-refractivity contribution in [3.8, 4) is 5.75 Å². The molecule has 2 aromatic rings. The van der Waals surface area contributed by atoms with Crippen molar-refractivity contribution in [2.75, 3.05) is 25.5 Å². The normalized spacial score (nSPS) is 14.6. The van der Waals surface area contributed by atoms with E-state index in [-0.39, 0.29) is 18.1 Å². The topological polar surface area (TPSA) is 58.4 Å². The van der Waals surface area contributed by atoms with Gasteiger partial charge >= 0.3 is 0 Å². The van der Waals surface area contributed by atoms with Gasteiger partial charge in [0.15, 0.2) is 5.78 Å². The van der Waals surface area contributed by atoms with Gasteiger partial charge in [-0.15, -0.1) is 0 Å². The minimum absolute atomic E-state index is 0.0709. The zero-order chi connectivity index (χ0) is 17.8. The fourth-order valence-electron chi connectivity index (χ4n) is 2.59. The Kier molecular flexibility index (Phi) is 5.36. The van der Waals surface area contributed by atoms with Crippen molar-refractivity contribution in [1.82, 2.24) is 4.90 Å². The maximum Gasteiger partial charge on any atom is 0.242 e. The molecule has 1 aliphatic heterocycles.